The van der Waals surface area contributed by atoms with Crippen LogP contribution in [0.4, 0.5) is 5.82 Å². The van der Waals surface area contributed by atoms with E-state index in [4.69, 9.17) is 10.9 Å². The fraction of sp³-hybridized carbons (Fsp3) is 0.600. The second-order valence-electron chi connectivity index (χ2n) is 6.12. The number of amidine groups is 1. The first-order valence-electron chi connectivity index (χ1n) is 7.31. The molecule has 108 valence electrons. The van der Waals surface area contributed by atoms with Crippen LogP contribution in [0.5, 0.6) is 0 Å². The molecule has 2 unspecified atom stereocenters. The van der Waals surface area contributed by atoms with Gasteiger partial charge in [-0.15, -0.1) is 0 Å². The third-order valence-corrected chi connectivity index (χ3v) is 4.72. The molecule has 1 aromatic rings. The predicted molar refractivity (Wildman–Crippen MR) is 79.3 cm³/mol. The molecule has 0 amide bonds. The van der Waals surface area contributed by atoms with Crippen molar-refractivity contribution in [3.8, 4) is 0 Å². The molecule has 0 bridgehead atoms. The molecule has 2 heterocycles. The maximum Gasteiger partial charge on any atom is 0.174 e. The van der Waals surface area contributed by atoms with Crippen LogP contribution in [0, 0.1) is 25.7 Å². The second kappa shape index (κ2) is 4.96. The van der Waals surface area contributed by atoms with E-state index in [9.17, 15) is 0 Å². The summed E-state index contributed by atoms with van der Waals surface area (Å²) in [4.78, 5) is 6.99. The van der Waals surface area contributed by atoms with E-state index in [0.717, 1.165) is 47.6 Å². The van der Waals surface area contributed by atoms with Gasteiger partial charge in [0.15, 0.2) is 5.84 Å². The van der Waals surface area contributed by atoms with Gasteiger partial charge in [-0.2, -0.15) is 0 Å². The number of aryl methyl sites for hydroxylation is 2. The van der Waals surface area contributed by atoms with Gasteiger partial charge in [0.2, 0.25) is 0 Å². The Kier molecular flexibility index (Phi) is 3.28. The topological polar surface area (TPSA) is 74.7 Å². The summed E-state index contributed by atoms with van der Waals surface area (Å²) in [6.07, 6.45) is 4.01. The van der Waals surface area contributed by atoms with Crippen LogP contribution in [0.1, 0.15) is 36.1 Å². The molecule has 1 saturated carbocycles. The van der Waals surface area contributed by atoms with E-state index >= 15 is 0 Å². The Hall–Kier alpha value is -1.78. The molecule has 0 aromatic carbocycles. The molecule has 1 saturated heterocycles. The summed E-state index contributed by atoms with van der Waals surface area (Å²) in [5.74, 6) is 2.62. The summed E-state index contributed by atoms with van der Waals surface area (Å²) < 4.78 is 0. The highest BCUT2D eigenvalue weighted by Gasteiger charge is 2.37. The SMILES string of the molecule is Cc1cc(C)c(/C(N)=N/O)c(N2CC3CCCC3C2)n1. The minimum Gasteiger partial charge on any atom is -0.409 e. The molecule has 5 heteroatoms. The molecule has 0 radical (unpaired) electrons. The molecule has 3 rings (SSSR count). The quantitative estimate of drug-likeness (QED) is 0.374. The van der Waals surface area contributed by atoms with E-state index in [1.54, 1.807) is 0 Å². The van der Waals surface area contributed by atoms with Gasteiger partial charge >= 0.3 is 0 Å². The van der Waals surface area contributed by atoms with E-state index in [0.29, 0.717) is 0 Å². The van der Waals surface area contributed by atoms with Crippen molar-refractivity contribution in [3.63, 3.8) is 0 Å². The van der Waals surface area contributed by atoms with Crippen LogP contribution >= 0.6 is 0 Å². The highest BCUT2D eigenvalue weighted by Crippen LogP contribution is 2.40. The Morgan fingerprint density at radius 1 is 1.35 bits per heavy atom. The Bertz CT molecular complexity index is 543. The number of hydrogen-bond acceptors (Lipinski definition) is 4. The van der Waals surface area contributed by atoms with Crippen molar-refractivity contribution >= 4 is 11.7 Å². The zero-order valence-electron chi connectivity index (χ0n) is 12.1. The van der Waals surface area contributed by atoms with Gasteiger partial charge in [0.1, 0.15) is 5.82 Å². The fourth-order valence-electron chi connectivity index (χ4n) is 3.82. The third-order valence-electron chi connectivity index (χ3n) is 4.72. The highest BCUT2D eigenvalue weighted by molar-refractivity contribution is 6.02. The first-order valence-corrected chi connectivity index (χ1v) is 7.31. The Morgan fingerprint density at radius 2 is 2.00 bits per heavy atom. The third kappa shape index (κ3) is 2.11. The summed E-state index contributed by atoms with van der Waals surface area (Å²) in [5, 5.41) is 12.2. The monoisotopic (exact) mass is 274 g/mol. The van der Waals surface area contributed by atoms with Crippen LogP contribution in [0.2, 0.25) is 0 Å². The van der Waals surface area contributed by atoms with Crippen molar-refractivity contribution in [1.82, 2.24) is 4.98 Å². The molecule has 1 aliphatic carbocycles. The zero-order valence-corrected chi connectivity index (χ0v) is 12.1. The van der Waals surface area contributed by atoms with Crippen LogP contribution in [0.15, 0.2) is 11.2 Å². The minimum atomic E-state index is 0.155. The maximum atomic E-state index is 9.03. The molecular weight excluding hydrogens is 252 g/mol. The number of hydrogen-bond donors (Lipinski definition) is 2. The van der Waals surface area contributed by atoms with Crippen molar-refractivity contribution in [2.75, 3.05) is 18.0 Å². The molecule has 1 aliphatic heterocycles. The van der Waals surface area contributed by atoms with Crippen molar-refractivity contribution in [2.24, 2.45) is 22.7 Å². The van der Waals surface area contributed by atoms with Gasteiger partial charge in [-0.05, 0) is 50.2 Å². The van der Waals surface area contributed by atoms with Crippen LogP contribution in [0.3, 0.4) is 0 Å². The lowest BCUT2D eigenvalue weighted by Crippen LogP contribution is -2.27. The minimum absolute atomic E-state index is 0.155. The lowest BCUT2D eigenvalue weighted by atomic mass is 10.0. The van der Waals surface area contributed by atoms with Crippen molar-refractivity contribution in [2.45, 2.75) is 33.1 Å². The van der Waals surface area contributed by atoms with E-state index < -0.39 is 0 Å². The number of fused-ring (bicyclic) bond motifs is 1. The molecule has 2 aliphatic rings. The second-order valence-corrected chi connectivity index (χ2v) is 6.12. The normalized spacial score (nSPS) is 26.1. The number of rotatable bonds is 2. The van der Waals surface area contributed by atoms with E-state index in [2.05, 4.69) is 15.0 Å². The Balaban J connectivity index is 2.00. The summed E-state index contributed by atoms with van der Waals surface area (Å²) in [6, 6.07) is 1.98. The summed E-state index contributed by atoms with van der Waals surface area (Å²) in [6.45, 7) is 6.07. The lowest BCUT2D eigenvalue weighted by Gasteiger charge is -2.23. The maximum absolute atomic E-state index is 9.03. The van der Waals surface area contributed by atoms with Gasteiger partial charge in [-0.1, -0.05) is 11.6 Å². The van der Waals surface area contributed by atoms with Gasteiger partial charge in [0.25, 0.3) is 0 Å². The van der Waals surface area contributed by atoms with Crippen molar-refractivity contribution in [1.29, 1.82) is 0 Å². The summed E-state index contributed by atoms with van der Waals surface area (Å²) in [7, 11) is 0. The number of nitrogens with two attached hydrogens (primary N) is 1. The zero-order chi connectivity index (χ0) is 14.3. The largest absolute Gasteiger partial charge is 0.409 e. The molecule has 2 atom stereocenters. The molecule has 2 fully saturated rings. The molecular formula is C15H22N4O. The Labute approximate surface area is 119 Å². The average Bonchev–Trinajstić information content (AvgIpc) is 2.97. The number of pyridine rings is 1. The van der Waals surface area contributed by atoms with E-state index in [-0.39, 0.29) is 5.84 Å². The number of anilines is 1. The molecule has 5 nitrogen and oxygen atoms in total. The van der Waals surface area contributed by atoms with Gasteiger partial charge in [-0.25, -0.2) is 4.98 Å². The average molecular weight is 274 g/mol. The standard InChI is InChI=1S/C15H22N4O/c1-9-6-10(2)17-15(13(9)14(16)18-20)19-7-11-4-3-5-12(11)8-19/h6,11-12,20H,3-5,7-8H2,1-2H3,(H2,16,18). The predicted octanol–water partition coefficient (Wildman–Crippen LogP) is 2.03. The summed E-state index contributed by atoms with van der Waals surface area (Å²) >= 11 is 0. The van der Waals surface area contributed by atoms with E-state index in [1.165, 1.54) is 19.3 Å². The highest BCUT2D eigenvalue weighted by atomic mass is 16.4. The van der Waals surface area contributed by atoms with Gasteiger partial charge < -0.3 is 15.8 Å². The first-order chi connectivity index (χ1) is 9.60. The number of oxime groups is 1. The van der Waals surface area contributed by atoms with Crippen LogP contribution < -0.4 is 10.6 Å². The van der Waals surface area contributed by atoms with Gasteiger partial charge in [0.05, 0.1) is 5.56 Å². The lowest BCUT2D eigenvalue weighted by molar-refractivity contribution is 0.318. The van der Waals surface area contributed by atoms with Gasteiger partial charge in [0, 0.05) is 18.8 Å². The van der Waals surface area contributed by atoms with Crippen molar-refractivity contribution in [3.05, 3.63) is 22.9 Å². The molecule has 0 spiro atoms. The van der Waals surface area contributed by atoms with Crippen molar-refractivity contribution < 1.29 is 5.21 Å². The van der Waals surface area contributed by atoms with Crippen LogP contribution in [-0.2, 0) is 0 Å². The summed E-state index contributed by atoms with van der Waals surface area (Å²) in [5.41, 5.74) is 8.63. The smallest absolute Gasteiger partial charge is 0.174 e. The van der Waals surface area contributed by atoms with Crippen LogP contribution in [0.25, 0.3) is 0 Å². The van der Waals surface area contributed by atoms with Crippen LogP contribution in [-0.4, -0.2) is 29.1 Å². The Morgan fingerprint density at radius 3 is 2.60 bits per heavy atom. The fourth-order valence-corrected chi connectivity index (χ4v) is 3.82. The number of nitrogens with zero attached hydrogens (tertiary/aromatic N) is 3. The molecule has 1 aromatic heterocycles. The number of aromatic nitrogens is 1. The molecule has 20 heavy (non-hydrogen) atoms. The van der Waals surface area contributed by atoms with E-state index in [1.807, 2.05) is 19.9 Å². The van der Waals surface area contributed by atoms with Gasteiger partial charge in [-0.3, -0.25) is 0 Å². The first kappa shape index (κ1) is 13.2. The molecule has 3 N–H and O–H groups in total.